The molecule has 0 amide bonds. The summed E-state index contributed by atoms with van der Waals surface area (Å²) in [6.45, 7) is 6.22. The molecule has 0 saturated heterocycles. The van der Waals surface area contributed by atoms with Crippen molar-refractivity contribution in [2.75, 3.05) is 6.54 Å². The molecule has 1 unspecified atom stereocenters. The molecular formula is C14H18N2S. The van der Waals surface area contributed by atoms with Crippen LogP contribution in [-0.2, 0) is 6.54 Å². The van der Waals surface area contributed by atoms with Gasteiger partial charge in [-0.25, -0.2) is 4.98 Å². The highest BCUT2D eigenvalue weighted by Crippen LogP contribution is 2.16. The van der Waals surface area contributed by atoms with Crippen LogP contribution in [0.25, 0.3) is 0 Å². The lowest BCUT2D eigenvalue weighted by Crippen LogP contribution is -2.19. The zero-order valence-electron chi connectivity index (χ0n) is 10.3. The highest BCUT2D eigenvalue weighted by molar-refractivity contribution is 7.09. The fraction of sp³-hybridized carbons (Fsp3) is 0.357. The Balaban J connectivity index is 1.78. The molecule has 0 saturated carbocycles. The summed E-state index contributed by atoms with van der Waals surface area (Å²) in [4.78, 5) is 4.33. The van der Waals surface area contributed by atoms with E-state index in [0.29, 0.717) is 5.92 Å². The van der Waals surface area contributed by atoms with Gasteiger partial charge in [0.05, 0.1) is 5.01 Å². The van der Waals surface area contributed by atoms with Crippen molar-refractivity contribution in [2.45, 2.75) is 26.3 Å². The van der Waals surface area contributed by atoms with Gasteiger partial charge in [0.25, 0.3) is 0 Å². The van der Waals surface area contributed by atoms with Crippen LogP contribution < -0.4 is 5.32 Å². The summed E-state index contributed by atoms with van der Waals surface area (Å²) >= 11 is 1.73. The Morgan fingerprint density at radius 3 is 2.71 bits per heavy atom. The van der Waals surface area contributed by atoms with Gasteiger partial charge < -0.3 is 5.32 Å². The predicted octanol–water partition coefficient (Wildman–Crippen LogP) is 3.34. The molecule has 0 aliphatic rings. The topological polar surface area (TPSA) is 24.9 Å². The third kappa shape index (κ3) is 3.65. The van der Waals surface area contributed by atoms with E-state index in [-0.39, 0.29) is 0 Å². The number of rotatable bonds is 5. The van der Waals surface area contributed by atoms with Crippen LogP contribution in [0.15, 0.2) is 35.8 Å². The largest absolute Gasteiger partial charge is 0.312 e. The first-order valence-electron chi connectivity index (χ1n) is 5.91. The predicted molar refractivity (Wildman–Crippen MR) is 73.4 cm³/mol. The summed E-state index contributed by atoms with van der Waals surface area (Å²) in [5.41, 5.74) is 2.65. The molecule has 3 heteroatoms. The molecule has 0 fully saturated rings. The number of aromatic nitrogens is 1. The molecule has 0 bridgehead atoms. The van der Waals surface area contributed by atoms with Crippen molar-refractivity contribution in [1.82, 2.24) is 10.3 Å². The summed E-state index contributed by atoms with van der Waals surface area (Å²) in [5, 5.41) is 6.72. The van der Waals surface area contributed by atoms with Crippen LogP contribution in [0.5, 0.6) is 0 Å². The quantitative estimate of drug-likeness (QED) is 0.875. The highest BCUT2D eigenvalue weighted by Gasteiger charge is 2.06. The molecular weight excluding hydrogens is 228 g/mol. The summed E-state index contributed by atoms with van der Waals surface area (Å²) in [5.74, 6) is 0.487. The van der Waals surface area contributed by atoms with Crippen molar-refractivity contribution in [3.8, 4) is 0 Å². The van der Waals surface area contributed by atoms with E-state index < -0.39 is 0 Å². The van der Waals surface area contributed by atoms with Crippen molar-refractivity contribution < 1.29 is 0 Å². The lowest BCUT2D eigenvalue weighted by atomic mass is 10.1. The second-order valence-electron chi connectivity index (χ2n) is 4.39. The van der Waals surface area contributed by atoms with Gasteiger partial charge in [-0.15, -0.1) is 11.3 Å². The maximum atomic E-state index is 4.33. The van der Waals surface area contributed by atoms with Crippen LogP contribution in [0.2, 0.25) is 0 Å². The summed E-state index contributed by atoms with van der Waals surface area (Å²) < 4.78 is 0. The Morgan fingerprint density at radius 1 is 1.29 bits per heavy atom. The minimum atomic E-state index is 0.487. The van der Waals surface area contributed by atoms with E-state index in [0.717, 1.165) is 13.1 Å². The summed E-state index contributed by atoms with van der Waals surface area (Å²) in [6, 6.07) is 8.66. The average Bonchev–Trinajstić information content (AvgIpc) is 2.85. The van der Waals surface area contributed by atoms with E-state index in [2.05, 4.69) is 48.4 Å². The van der Waals surface area contributed by atoms with Crippen molar-refractivity contribution in [3.05, 3.63) is 52.0 Å². The summed E-state index contributed by atoms with van der Waals surface area (Å²) in [6.07, 6.45) is 1.87. The molecule has 17 heavy (non-hydrogen) atoms. The fourth-order valence-electron chi connectivity index (χ4n) is 1.70. The molecule has 1 aromatic carbocycles. The Kier molecular flexibility index (Phi) is 4.29. The Bertz CT molecular complexity index is 434. The van der Waals surface area contributed by atoms with Crippen LogP contribution in [0.1, 0.15) is 29.0 Å². The van der Waals surface area contributed by atoms with Gasteiger partial charge >= 0.3 is 0 Å². The smallest absolute Gasteiger partial charge is 0.0965 e. The van der Waals surface area contributed by atoms with Crippen LogP contribution in [0, 0.1) is 6.92 Å². The summed E-state index contributed by atoms with van der Waals surface area (Å²) in [7, 11) is 0. The maximum Gasteiger partial charge on any atom is 0.0965 e. The zero-order valence-corrected chi connectivity index (χ0v) is 11.1. The van der Waals surface area contributed by atoms with Gasteiger partial charge in [-0.2, -0.15) is 0 Å². The molecule has 0 aliphatic heterocycles. The number of hydrogen-bond donors (Lipinski definition) is 1. The standard InChI is InChI=1S/C14H18N2S/c1-11-3-5-13(6-4-11)10-15-9-12(2)14-16-7-8-17-14/h3-8,12,15H,9-10H2,1-2H3. The van der Waals surface area contributed by atoms with Crippen molar-refractivity contribution >= 4 is 11.3 Å². The first-order chi connectivity index (χ1) is 8.25. The molecule has 90 valence electrons. The van der Waals surface area contributed by atoms with E-state index in [1.54, 1.807) is 11.3 Å². The van der Waals surface area contributed by atoms with E-state index in [1.807, 2.05) is 11.6 Å². The van der Waals surface area contributed by atoms with Crippen LogP contribution in [0.4, 0.5) is 0 Å². The number of thiazole rings is 1. The van der Waals surface area contributed by atoms with E-state index in [1.165, 1.54) is 16.1 Å². The number of benzene rings is 1. The molecule has 2 nitrogen and oxygen atoms in total. The zero-order chi connectivity index (χ0) is 12.1. The van der Waals surface area contributed by atoms with Crippen molar-refractivity contribution in [3.63, 3.8) is 0 Å². The van der Waals surface area contributed by atoms with E-state index >= 15 is 0 Å². The van der Waals surface area contributed by atoms with Crippen LogP contribution in [0.3, 0.4) is 0 Å². The van der Waals surface area contributed by atoms with E-state index in [9.17, 15) is 0 Å². The number of aryl methyl sites for hydroxylation is 1. The SMILES string of the molecule is Cc1ccc(CNCC(C)c2nccs2)cc1. The fourth-order valence-corrected chi connectivity index (χ4v) is 2.40. The van der Waals surface area contributed by atoms with Crippen molar-refractivity contribution in [2.24, 2.45) is 0 Å². The normalized spacial score (nSPS) is 12.6. The molecule has 0 spiro atoms. The van der Waals surface area contributed by atoms with Gasteiger partial charge in [0.1, 0.15) is 0 Å². The Morgan fingerprint density at radius 2 is 2.06 bits per heavy atom. The van der Waals surface area contributed by atoms with Gasteiger partial charge in [-0.3, -0.25) is 0 Å². The molecule has 1 heterocycles. The molecule has 0 radical (unpaired) electrons. The molecule has 1 aromatic heterocycles. The number of nitrogens with one attached hydrogen (secondary N) is 1. The second kappa shape index (κ2) is 5.94. The first kappa shape index (κ1) is 12.3. The molecule has 2 aromatic rings. The van der Waals surface area contributed by atoms with Gasteiger partial charge in [0, 0.05) is 30.6 Å². The lowest BCUT2D eigenvalue weighted by molar-refractivity contribution is 0.613. The molecule has 0 aliphatic carbocycles. The minimum absolute atomic E-state index is 0.487. The number of hydrogen-bond acceptors (Lipinski definition) is 3. The molecule has 2 rings (SSSR count). The second-order valence-corrected chi connectivity index (χ2v) is 5.31. The Hall–Kier alpha value is -1.19. The maximum absolute atomic E-state index is 4.33. The highest BCUT2D eigenvalue weighted by atomic mass is 32.1. The van der Waals surface area contributed by atoms with Crippen LogP contribution >= 0.6 is 11.3 Å². The van der Waals surface area contributed by atoms with Gasteiger partial charge in [-0.05, 0) is 12.5 Å². The molecule has 1 N–H and O–H groups in total. The first-order valence-corrected chi connectivity index (χ1v) is 6.79. The molecule has 1 atom stereocenters. The minimum Gasteiger partial charge on any atom is -0.312 e. The van der Waals surface area contributed by atoms with Gasteiger partial charge in [0.15, 0.2) is 0 Å². The van der Waals surface area contributed by atoms with E-state index in [4.69, 9.17) is 0 Å². The van der Waals surface area contributed by atoms with Crippen molar-refractivity contribution in [1.29, 1.82) is 0 Å². The monoisotopic (exact) mass is 246 g/mol. The van der Waals surface area contributed by atoms with Crippen LogP contribution in [-0.4, -0.2) is 11.5 Å². The third-order valence-corrected chi connectivity index (χ3v) is 3.78. The van der Waals surface area contributed by atoms with Gasteiger partial charge in [0.2, 0.25) is 0 Å². The van der Waals surface area contributed by atoms with Gasteiger partial charge in [-0.1, -0.05) is 36.8 Å². The lowest BCUT2D eigenvalue weighted by Gasteiger charge is -2.10. The Labute approximate surface area is 107 Å². The number of nitrogens with zero attached hydrogens (tertiary/aromatic N) is 1. The average molecular weight is 246 g/mol. The third-order valence-electron chi connectivity index (χ3n) is 2.77.